The number of amides is 22. The Kier molecular flexibility index (Phi) is 54.2. The number of carboxylic acids is 2. The maximum absolute atomic E-state index is 14.9. The molecule has 34 N–H and O–H groups in total. The van der Waals surface area contributed by atoms with Gasteiger partial charge in [-0.2, -0.15) is 25.8 Å². The maximum Gasteiger partial charge on any atom is 0.490 e. The van der Waals surface area contributed by atoms with E-state index in [0.717, 1.165) is 0 Å². The van der Waals surface area contributed by atoms with Crippen LogP contribution in [0.3, 0.4) is 0 Å². The number of aliphatic hydroxyl groups is 1. The summed E-state index contributed by atoms with van der Waals surface area (Å²) in [5.74, 6) is -30.2. The molecule has 0 saturated heterocycles. The normalized spacial score (nSPS) is 15.0. The molecule has 57 heteroatoms. The van der Waals surface area contributed by atoms with Crippen molar-refractivity contribution in [3.63, 3.8) is 0 Å². The van der Waals surface area contributed by atoms with E-state index >= 15 is 0 Å². The molecule has 0 aliphatic heterocycles. The molecule has 810 valence electrons. The first-order chi connectivity index (χ1) is 68.0. The summed E-state index contributed by atoms with van der Waals surface area (Å²) in [5, 5.41) is 78.8. The van der Waals surface area contributed by atoms with Gasteiger partial charge in [0.15, 0.2) is 0 Å². The lowest BCUT2D eigenvalue weighted by atomic mass is 9.96. The smallest absolute Gasteiger partial charge is 0.490 e. The van der Waals surface area contributed by atoms with Gasteiger partial charge >= 0.3 is 18.1 Å². The quantitative estimate of drug-likeness (QED) is 0.0233. The summed E-state index contributed by atoms with van der Waals surface area (Å²) in [6.45, 7) is 16.5. The Morgan fingerprint density at radius 3 is 1.08 bits per heavy atom. The molecule has 1 heterocycles. The van der Waals surface area contributed by atoms with Gasteiger partial charge in [-0.1, -0.05) is 104 Å². The molecule has 19 atom stereocenters. The van der Waals surface area contributed by atoms with Gasteiger partial charge in [0.25, 0.3) is 0 Å². The molecule has 0 aliphatic rings. The number of rotatable bonds is 62. The Labute approximate surface area is 841 Å². The van der Waals surface area contributed by atoms with E-state index in [1.807, 2.05) is 0 Å². The molecule has 53 nitrogen and oxygen atoms in total. The van der Waals surface area contributed by atoms with Crippen molar-refractivity contribution in [1.82, 2.24) is 100 Å². The zero-order valence-electron chi connectivity index (χ0n) is 82.2. The van der Waals surface area contributed by atoms with Crippen molar-refractivity contribution in [1.29, 1.82) is 0 Å². The van der Waals surface area contributed by atoms with Crippen LogP contribution in [-0.2, 0) is 134 Å². The van der Waals surface area contributed by atoms with Gasteiger partial charge in [-0.05, 0) is 100 Å². The second-order valence-electron chi connectivity index (χ2n) is 35.3. The van der Waals surface area contributed by atoms with Crippen LogP contribution in [-0.4, -0.2) is 300 Å². The number of aliphatic hydroxyl groups excluding tert-OH is 1. The number of aromatic hydroxyl groups is 1. The highest BCUT2D eigenvalue weighted by Crippen LogP contribution is 2.19. The summed E-state index contributed by atoms with van der Waals surface area (Å²) >= 11 is 3.96. The summed E-state index contributed by atoms with van der Waals surface area (Å²) < 4.78 is 31.7. The number of carboxylic acid groups (broad SMARTS) is 2. The molecule has 3 rings (SSSR count). The van der Waals surface area contributed by atoms with E-state index in [0.29, 0.717) is 5.56 Å². The van der Waals surface area contributed by atoms with E-state index in [2.05, 4.69) is 113 Å². The fourth-order valence-corrected chi connectivity index (χ4v) is 13.4. The number of nitrogens with two attached hydrogens (primary N) is 6. The third-order valence-corrected chi connectivity index (χ3v) is 22.2. The van der Waals surface area contributed by atoms with Crippen LogP contribution in [0.1, 0.15) is 164 Å². The molecule has 22 amide bonds. The fraction of sp³-hybridized carbons (Fsp3) is 0.562. The van der Waals surface area contributed by atoms with E-state index in [-0.39, 0.29) is 47.9 Å². The summed E-state index contributed by atoms with van der Waals surface area (Å²) in [4.78, 5) is 327. The fourth-order valence-electron chi connectivity index (χ4n) is 13.3. The lowest BCUT2D eigenvalue weighted by Gasteiger charge is -2.30. The van der Waals surface area contributed by atoms with Crippen LogP contribution in [0.2, 0.25) is 0 Å². The first kappa shape index (κ1) is 127. The van der Waals surface area contributed by atoms with Crippen LogP contribution >= 0.6 is 12.6 Å². The minimum atomic E-state index is -5.08. The van der Waals surface area contributed by atoms with Crippen LogP contribution in [0.4, 0.5) is 13.2 Å². The summed E-state index contributed by atoms with van der Waals surface area (Å²) in [7, 11) is 0. The summed E-state index contributed by atoms with van der Waals surface area (Å²) in [6.07, 6.45) is -8.79. The largest absolute Gasteiger partial charge is 0.508 e. The topological polar surface area (TPSA) is 880 Å². The van der Waals surface area contributed by atoms with Crippen molar-refractivity contribution < 1.29 is 149 Å². The third-order valence-electron chi connectivity index (χ3n) is 21.8. The molecule has 0 spiro atoms. The number of nitrogens with zero attached hydrogens (tertiary/aromatic N) is 1. The number of primary amides is 5. The molecule has 0 aliphatic carbocycles. The summed E-state index contributed by atoms with van der Waals surface area (Å²) in [6, 6.07) is -15.6. The van der Waals surface area contributed by atoms with Crippen LogP contribution in [0.5, 0.6) is 5.75 Å². The van der Waals surface area contributed by atoms with Crippen molar-refractivity contribution in [3.8, 4) is 5.75 Å². The first-order valence-electron chi connectivity index (χ1n) is 45.9. The number of alkyl halides is 3. The zero-order chi connectivity index (χ0) is 111. The number of aromatic nitrogens is 2. The standard InChI is InChI=1S/C87H133N25O26S.C2HF3O2/c1-13-42(8)69(112-82(132)58(32-49-35-94-38-95-49)106-83(133)61(36-113)109-72(122)45(11)97-70(120)43(9)96-71(121)44(10)99-84(134)67(40(4)5)110-73(123)46(12)98-77(127)55(29-39(2)3)104-80(130)59(33-65(92)118)103-74(124)51(88)37-139)86(136)108-56(31-48-19-21-50(114)22-20-48)78(128)100-53(24-27-63(90)116)76(126)107-60(34-66(93)119)79(129)101-52(23-26-62(89)115)75(125)105-57(30-47-17-15-14-16-18-47)81(131)111-68(41(6)7)85(135)102-54(87(137)138)25-28-64(91)117;3-2(4,5)1(6)7/h14-22,35,38-46,51-61,67-69,113-114,139H,13,23-34,36-37,88H2,1-12H3,(H2,89,115)(H2,90,116)(H2,91,117)(H2,92,118)(H2,93,119)(H,94,95)(H,96,121)(H,97,120)(H,98,127)(H,99,134)(H,100,128)(H,101,129)(H,102,135)(H,103,124)(H,104,130)(H,105,125)(H,106,133)(H,107,126)(H,108,136)(H,109,122)(H,110,123)(H,111,131)(H,112,132)(H,137,138);(H,6,7)/t42-,43-,44-,45-,46-,51-,52-,53-,54-,55-,56-,57-,58-,59-,60-,61-,67-,68-,69-;/m0./s1. The molecule has 146 heavy (non-hydrogen) atoms. The van der Waals surface area contributed by atoms with Crippen LogP contribution < -0.4 is 125 Å². The van der Waals surface area contributed by atoms with E-state index in [9.17, 15) is 139 Å². The van der Waals surface area contributed by atoms with E-state index in [1.165, 1.54) is 85.3 Å². The van der Waals surface area contributed by atoms with Gasteiger partial charge in [-0.25, -0.2) is 14.6 Å². The number of carbonyl (C=O) groups is 24. The minimum absolute atomic E-state index is 0.00916. The predicted octanol–water partition coefficient (Wildman–Crippen LogP) is -8.62. The molecule has 0 fully saturated rings. The van der Waals surface area contributed by atoms with Gasteiger partial charge < -0.3 is 150 Å². The third kappa shape index (κ3) is 46.4. The van der Waals surface area contributed by atoms with Crippen LogP contribution in [0, 0.1) is 23.7 Å². The maximum atomic E-state index is 14.9. The van der Waals surface area contributed by atoms with Crippen molar-refractivity contribution in [2.75, 3.05) is 12.4 Å². The lowest BCUT2D eigenvalue weighted by Crippen LogP contribution is -2.62. The molecule has 0 radical (unpaired) electrons. The number of benzene rings is 2. The first-order valence-corrected chi connectivity index (χ1v) is 46.6. The number of aromatic amines is 1. The molecular weight excluding hydrogens is 1960 g/mol. The Morgan fingerprint density at radius 1 is 0.377 bits per heavy atom. The van der Waals surface area contributed by atoms with Gasteiger partial charge in [-0.3, -0.25) is 105 Å². The average molecular weight is 2090 g/mol. The van der Waals surface area contributed by atoms with Crippen LogP contribution in [0.25, 0.3) is 0 Å². The second-order valence-corrected chi connectivity index (χ2v) is 35.7. The number of hydrogen-bond acceptors (Lipinski definition) is 29. The minimum Gasteiger partial charge on any atom is -0.508 e. The monoisotopic (exact) mass is 2090 g/mol. The number of imidazole rings is 1. The number of H-pyrrole nitrogens is 1. The van der Waals surface area contributed by atoms with Gasteiger partial charge in [0.2, 0.25) is 130 Å². The van der Waals surface area contributed by atoms with Gasteiger partial charge in [-0.15, -0.1) is 0 Å². The number of nitrogens with one attached hydrogen (secondary N) is 18. The van der Waals surface area contributed by atoms with Gasteiger partial charge in [0.1, 0.15) is 108 Å². The highest BCUT2D eigenvalue weighted by Gasteiger charge is 2.42. The Hall–Kier alpha value is -15.2. The molecule has 0 saturated carbocycles. The van der Waals surface area contributed by atoms with Gasteiger partial charge in [0.05, 0.1) is 31.8 Å². The molecule has 2 aromatic carbocycles. The SMILES string of the molecule is CC[C@H](C)[C@H](NC(=O)[C@H](Cc1cnc[nH]1)NC(=O)[C@H](CO)NC(=O)[C@H](C)NC(=O)[C@H](C)NC(=O)[C@H](C)NC(=O)[C@@H](NC(=O)[C@H](C)NC(=O)[C@H](CC(C)C)NC(=O)[C@H](CC(N)=O)NC(=O)[C@@H](N)CS)C(C)C)C(=O)N[C@@H](Cc1ccc(O)cc1)C(=O)N[C@@H](CCC(N)=O)C(=O)N[C@@H](CC(N)=O)C(=O)N[C@@H](CCC(N)=O)C(=O)N[C@@H](Cc1ccccc1)C(=O)N[C@H](C(=O)N[C@@H](CCC(N)=O)C(=O)O)C(C)C.O=C(O)C(F)(F)F. The van der Waals surface area contributed by atoms with Gasteiger partial charge in [0, 0.05) is 56.2 Å². The van der Waals surface area contributed by atoms with E-state index in [4.69, 9.17) is 44.3 Å². The highest BCUT2D eigenvalue weighted by molar-refractivity contribution is 7.80. The number of phenolic OH excluding ortho intramolecular Hbond substituents is 1. The molecule has 0 bridgehead atoms. The Morgan fingerprint density at radius 2 is 0.685 bits per heavy atom. The summed E-state index contributed by atoms with van der Waals surface area (Å²) in [5.41, 5.74) is 33.7. The molecule has 0 unspecified atom stereocenters. The number of thiol groups is 1. The number of halogens is 3. The van der Waals surface area contributed by atoms with Crippen LogP contribution in [0.15, 0.2) is 67.1 Å². The number of phenols is 1. The number of aliphatic carboxylic acids is 2. The molecule has 3 aromatic rings. The second kappa shape index (κ2) is 62.4. The average Bonchev–Trinajstić information content (AvgIpc) is 0.930. The van der Waals surface area contributed by atoms with Crippen molar-refractivity contribution in [2.45, 2.75) is 281 Å². The predicted molar refractivity (Wildman–Crippen MR) is 512 cm³/mol. The number of carbonyl (C=O) groups excluding carboxylic acids is 22. The highest BCUT2D eigenvalue weighted by atomic mass is 32.1. The van der Waals surface area contributed by atoms with Crippen molar-refractivity contribution in [3.05, 3.63) is 83.9 Å². The molecular formula is C89H134F3N25O28S. The van der Waals surface area contributed by atoms with Crippen molar-refractivity contribution >= 4 is 155 Å². The lowest BCUT2D eigenvalue weighted by molar-refractivity contribution is -0.192. The zero-order valence-corrected chi connectivity index (χ0v) is 83.1. The Balaban J connectivity index is 0.00000989. The van der Waals surface area contributed by atoms with Crippen molar-refractivity contribution in [2.24, 2.45) is 58.1 Å². The Bertz CT molecular complexity index is 5050. The van der Waals surface area contributed by atoms with E-state index < -0.39 is 345 Å². The number of hydrogen-bond donors (Lipinski definition) is 29. The molecule has 1 aromatic heterocycles. The van der Waals surface area contributed by atoms with E-state index in [1.54, 1.807) is 65.0 Å².